The van der Waals surface area contributed by atoms with Crippen molar-refractivity contribution in [3.63, 3.8) is 0 Å². The van der Waals surface area contributed by atoms with Crippen LogP contribution in [0, 0.1) is 23.3 Å². The number of hydrogen-bond donors (Lipinski definition) is 3. The predicted molar refractivity (Wildman–Crippen MR) is 161 cm³/mol. The van der Waals surface area contributed by atoms with Gasteiger partial charge in [-0.3, -0.25) is 14.4 Å². The number of carbonyl (C=O) groups is 3. The fraction of sp³-hybridized carbons (Fsp3) is 0.0938. The van der Waals surface area contributed by atoms with Crippen LogP contribution in [0.3, 0.4) is 0 Å². The molecule has 0 aliphatic carbocycles. The molecule has 0 aliphatic heterocycles. The lowest BCUT2D eigenvalue weighted by Crippen LogP contribution is -2.30. The highest BCUT2D eigenvalue weighted by Gasteiger charge is 2.42. The molecule has 4 aromatic rings. The van der Waals surface area contributed by atoms with E-state index >= 15 is 0 Å². The van der Waals surface area contributed by atoms with E-state index in [-0.39, 0.29) is 16.9 Å². The van der Waals surface area contributed by atoms with E-state index in [1.807, 2.05) is 0 Å². The van der Waals surface area contributed by atoms with Gasteiger partial charge in [0.1, 0.15) is 22.7 Å². The second kappa shape index (κ2) is 14.9. The van der Waals surface area contributed by atoms with Gasteiger partial charge < -0.3 is 20.7 Å². The Morgan fingerprint density at radius 2 is 1.45 bits per heavy atom. The molecule has 0 bridgehead atoms. The van der Waals surface area contributed by atoms with Crippen LogP contribution in [-0.4, -0.2) is 30.6 Å². The van der Waals surface area contributed by atoms with Crippen molar-refractivity contribution in [2.45, 2.75) is 11.1 Å². The molecule has 0 heterocycles. The summed E-state index contributed by atoms with van der Waals surface area (Å²) in [4.78, 5) is 38.9. The highest BCUT2D eigenvalue weighted by molar-refractivity contribution is 8.00. The first-order valence-electron chi connectivity index (χ1n) is 13.3. The molecule has 4 aromatic carbocycles. The summed E-state index contributed by atoms with van der Waals surface area (Å²) >= 11 is 0.764. The maximum atomic E-state index is 14.2. The van der Waals surface area contributed by atoms with Gasteiger partial charge in [-0.2, -0.15) is 13.2 Å². The molecule has 0 aromatic heterocycles. The van der Waals surface area contributed by atoms with Gasteiger partial charge in [0.2, 0.25) is 5.91 Å². The van der Waals surface area contributed by atoms with Crippen molar-refractivity contribution in [3.05, 3.63) is 125 Å². The number of alkyl halides is 3. The van der Waals surface area contributed by atoms with Crippen molar-refractivity contribution in [1.29, 1.82) is 0 Å². The minimum absolute atomic E-state index is 0.152. The normalized spacial score (nSPS) is 11.5. The lowest BCUT2D eigenvalue weighted by molar-refractivity contribution is -0.143. The Balaban J connectivity index is 1.49. The lowest BCUT2D eigenvalue weighted by Gasteiger charge is -2.14. The van der Waals surface area contributed by atoms with E-state index in [2.05, 4.69) is 10.6 Å². The number of ether oxygens (including phenoxy) is 1. The van der Waals surface area contributed by atoms with E-state index in [1.165, 1.54) is 37.5 Å². The number of nitrogens with one attached hydrogen (secondary N) is 3. The molecular formula is C32H22F7N3O4S. The quantitative estimate of drug-likeness (QED) is 0.0704. The molecule has 7 nitrogen and oxygen atoms in total. The summed E-state index contributed by atoms with van der Waals surface area (Å²) in [7, 11) is 1.44. The van der Waals surface area contributed by atoms with Gasteiger partial charge in [0.25, 0.3) is 11.8 Å². The SMILES string of the molecule is COc1ccccc1/C=C(/NC(=O)c1ccccc1)C(=O)Nc1cccc(SCC(=O)Nc2c(F)c(F)c(C(F)(F)F)c(F)c2F)c1. The van der Waals surface area contributed by atoms with Crippen LogP contribution in [0.4, 0.5) is 42.1 Å². The number of hydrogen-bond acceptors (Lipinski definition) is 5. The number of benzene rings is 4. The lowest BCUT2D eigenvalue weighted by atomic mass is 10.1. The molecule has 15 heteroatoms. The zero-order valence-corrected chi connectivity index (χ0v) is 24.8. The first-order chi connectivity index (χ1) is 22.3. The summed E-state index contributed by atoms with van der Waals surface area (Å²) in [5, 5.41) is 6.75. The molecule has 244 valence electrons. The minimum Gasteiger partial charge on any atom is -0.496 e. The second-order valence-corrected chi connectivity index (χ2v) is 10.5. The van der Waals surface area contributed by atoms with E-state index in [9.17, 15) is 45.1 Å². The van der Waals surface area contributed by atoms with E-state index in [0.29, 0.717) is 16.2 Å². The Bertz CT molecular complexity index is 1820. The minimum atomic E-state index is -5.73. The van der Waals surface area contributed by atoms with Gasteiger partial charge in [-0.15, -0.1) is 11.8 Å². The molecule has 0 spiro atoms. The highest BCUT2D eigenvalue weighted by atomic mass is 32.2. The van der Waals surface area contributed by atoms with Crippen LogP contribution in [0.2, 0.25) is 0 Å². The number of amides is 3. The molecule has 0 fully saturated rings. The van der Waals surface area contributed by atoms with Gasteiger partial charge in [0.15, 0.2) is 23.3 Å². The molecule has 47 heavy (non-hydrogen) atoms. The van der Waals surface area contributed by atoms with Crippen LogP contribution >= 0.6 is 11.8 Å². The fourth-order valence-corrected chi connectivity index (χ4v) is 4.82. The summed E-state index contributed by atoms with van der Waals surface area (Å²) in [6, 6.07) is 20.7. The van der Waals surface area contributed by atoms with Crippen LogP contribution in [0.15, 0.2) is 89.5 Å². The monoisotopic (exact) mass is 677 g/mol. The van der Waals surface area contributed by atoms with Crippen molar-refractivity contribution < 1.29 is 49.9 Å². The predicted octanol–water partition coefficient (Wildman–Crippen LogP) is 7.41. The smallest absolute Gasteiger partial charge is 0.422 e. The standard InChI is InChI=1S/C32H22F7N3O4S/c1-46-22-13-6-5-10-18(22)14-21(41-30(44)17-8-3-2-4-9-17)31(45)40-19-11-7-12-20(15-19)47-16-23(43)42-29-27(35)25(33)24(32(37,38)39)26(34)28(29)36/h2-15H,16H2,1H3,(H,40,45)(H,41,44)(H,42,43)/b21-14+. The maximum Gasteiger partial charge on any atom is 0.422 e. The zero-order chi connectivity index (χ0) is 34.3. The first kappa shape index (κ1) is 34.6. The second-order valence-electron chi connectivity index (χ2n) is 9.44. The largest absolute Gasteiger partial charge is 0.496 e. The van der Waals surface area contributed by atoms with Crippen molar-refractivity contribution in [3.8, 4) is 5.75 Å². The number of methoxy groups -OCH3 is 1. The van der Waals surface area contributed by atoms with E-state index in [4.69, 9.17) is 4.74 Å². The van der Waals surface area contributed by atoms with Crippen LogP contribution < -0.4 is 20.7 Å². The van der Waals surface area contributed by atoms with Crippen LogP contribution in [0.5, 0.6) is 5.75 Å². The van der Waals surface area contributed by atoms with Crippen LogP contribution in [-0.2, 0) is 15.8 Å². The molecule has 0 saturated carbocycles. The summed E-state index contributed by atoms with van der Waals surface area (Å²) in [6.45, 7) is 0. The Morgan fingerprint density at radius 1 is 0.809 bits per heavy atom. The number of para-hydroxylation sites is 1. The van der Waals surface area contributed by atoms with Crippen LogP contribution in [0.25, 0.3) is 6.08 Å². The van der Waals surface area contributed by atoms with Gasteiger partial charge in [0, 0.05) is 21.7 Å². The Morgan fingerprint density at radius 3 is 2.09 bits per heavy atom. The molecule has 3 amide bonds. The molecule has 0 unspecified atom stereocenters. The fourth-order valence-electron chi connectivity index (χ4n) is 4.06. The third kappa shape index (κ3) is 8.49. The van der Waals surface area contributed by atoms with Crippen molar-refractivity contribution >= 4 is 46.9 Å². The van der Waals surface area contributed by atoms with Gasteiger partial charge in [-0.25, -0.2) is 17.6 Å². The molecule has 0 atom stereocenters. The Hall–Kier alpha value is -5.31. The summed E-state index contributed by atoms with van der Waals surface area (Å²) in [5.74, 6) is -13.0. The van der Waals surface area contributed by atoms with Crippen LogP contribution in [0.1, 0.15) is 21.5 Å². The molecule has 3 N–H and O–H groups in total. The van der Waals surface area contributed by atoms with Gasteiger partial charge in [-0.1, -0.05) is 42.5 Å². The third-order valence-corrected chi connectivity index (χ3v) is 7.23. The number of thioether (sulfide) groups is 1. The van der Waals surface area contributed by atoms with Gasteiger partial charge in [0.05, 0.1) is 12.9 Å². The zero-order valence-electron chi connectivity index (χ0n) is 24.0. The number of carbonyl (C=O) groups excluding carboxylic acids is 3. The summed E-state index contributed by atoms with van der Waals surface area (Å²) in [6.07, 6.45) is -4.32. The highest BCUT2D eigenvalue weighted by Crippen LogP contribution is 2.38. The third-order valence-electron chi connectivity index (χ3n) is 6.24. The van der Waals surface area contributed by atoms with Gasteiger partial charge in [-0.05, 0) is 42.5 Å². The molecule has 0 saturated heterocycles. The average Bonchev–Trinajstić information content (AvgIpc) is 3.04. The number of anilines is 2. The maximum absolute atomic E-state index is 14.2. The molecule has 0 radical (unpaired) electrons. The number of halogens is 7. The van der Waals surface area contributed by atoms with Crippen molar-refractivity contribution in [2.75, 3.05) is 23.5 Å². The van der Waals surface area contributed by atoms with E-state index in [0.717, 1.165) is 11.8 Å². The average molecular weight is 678 g/mol. The Labute approximate surface area is 266 Å². The van der Waals surface area contributed by atoms with Crippen molar-refractivity contribution in [1.82, 2.24) is 5.32 Å². The van der Waals surface area contributed by atoms with Gasteiger partial charge >= 0.3 is 6.18 Å². The molecule has 0 aliphatic rings. The van der Waals surface area contributed by atoms with E-state index < -0.39 is 64.2 Å². The van der Waals surface area contributed by atoms with Crippen molar-refractivity contribution in [2.24, 2.45) is 0 Å². The first-order valence-corrected chi connectivity index (χ1v) is 14.3. The molecule has 4 rings (SSSR count). The Kier molecular flexibility index (Phi) is 10.9. The van der Waals surface area contributed by atoms with E-state index in [1.54, 1.807) is 59.9 Å². The summed E-state index contributed by atoms with van der Waals surface area (Å²) in [5.41, 5.74) is -3.68. The summed E-state index contributed by atoms with van der Waals surface area (Å²) < 4.78 is 99.9. The number of rotatable bonds is 10. The molecular weight excluding hydrogens is 655 g/mol. The topological polar surface area (TPSA) is 96.5 Å².